The van der Waals surface area contributed by atoms with Gasteiger partial charge in [0.25, 0.3) is 0 Å². The first-order valence-corrected chi connectivity index (χ1v) is 9.83. The molecule has 0 fully saturated rings. The molecule has 1 N–H and O–H groups in total. The minimum atomic E-state index is -1.25. The molecule has 0 bridgehead atoms. The molecule has 2 unspecified atom stereocenters. The fourth-order valence-corrected chi connectivity index (χ4v) is 3.26. The van der Waals surface area contributed by atoms with Crippen molar-refractivity contribution in [3.63, 3.8) is 0 Å². The second-order valence-corrected chi connectivity index (χ2v) is 7.39. The van der Waals surface area contributed by atoms with Gasteiger partial charge in [-0.1, -0.05) is 44.2 Å². The van der Waals surface area contributed by atoms with E-state index in [1.54, 1.807) is 21.0 Å². The number of carbonyl (C=O) groups excluding carboxylic acids is 3. The van der Waals surface area contributed by atoms with E-state index in [0.29, 0.717) is 11.4 Å². The number of carbonyl (C=O) groups is 1. The molecular formula is C24H28N2O5. The van der Waals surface area contributed by atoms with Gasteiger partial charge in [0.05, 0.1) is 19.3 Å². The van der Waals surface area contributed by atoms with Crippen LogP contribution in [0, 0.1) is 17.2 Å². The highest BCUT2D eigenvalue weighted by molar-refractivity contribution is 5.87. The van der Waals surface area contributed by atoms with Gasteiger partial charge in [-0.25, -0.2) is 4.79 Å². The first-order chi connectivity index (χ1) is 14.8. The fraction of sp³-hybridized carbons (Fsp3) is 0.375. The zero-order chi connectivity index (χ0) is 23.4. The number of esters is 1. The second-order valence-electron chi connectivity index (χ2n) is 7.39. The van der Waals surface area contributed by atoms with Crippen LogP contribution in [-0.4, -0.2) is 30.9 Å². The highest BCUT2D eigenvalue weighted by atomic mass is 16.5. The molecule has 0 aromatic heterocycles. The third kappa shape index (κ3) is 6.43. The Hall–Kier alpha value is -3.62. The van der Waals surface area contributed by atoms with E-state index in [0.717, 1.165) is 5.56 Å². The Bertz CT molecular complexity index is 898. The van der Waals surface area contributed by atoms with E-state index >= 15 is 0 Å². The van der Waals surface area contributed by atoms with E-state index in [1.807, 2.05) is 68.4 Å². The van der Waals surface area contributed by atoms with Crippen LogP contribution in [0.3, 0.4) is 0 Å². The molecule has 0 spiro atoms. The van der Waals surface area contributed by atoms with Crippen LogP contribution in [-0.2, 0) is 19.1 Å². The van der Waals surface area contributed by atoms with Crippen LogP contribution in [0.1, 0.15) is 39.2 Å². The van der Waals surface area contributed by atoms with Crippen molar-refractivity contribution in [1.82, 2.24) is 0 Å². The molecule has 0 saturated heterocycles. The minimum Gasteiger partial charge on any atom is -0.497 e. The summed E-state index contributed by atoms with van der Waals surface area (Å²) in [7, 11) is 1.60. The van der Waals surface area contributed by atoms with Gasteiger partial charge in [-0.2, -0.15) is 14.9 Å². The van der Waals surface area contributed by atoms with Crippen LogP contribution < -0.4 is 10.1 Å². The third-order valence-corrected chi connectivity index (χ3v) is 4.75. The van der Waals surface area contributed by atoms with E-state index < -0.39 is 17.4 Å². The number of nitrogens with zero attached hydrogens (tertiary/aromatic N) is 1. The monoisotopic (exact) mass is 424 g/mol. The molecule has 31 heavy (non-hydrogen) atoms. The molecule has 2 atom stereocenters. The number of anilines is 1. The average molecular weight is 424 g/mol. The smallest absolute Gasteiger partial charge is 0.373 e. The molecule has 164 valence electrons. The summed E-state index contributed by atoms with van der Waals surface area (Å²) in [6, 6.07) is 19.0. The highest BCUT2D eigenvalue weighted by Crippen LogP contribution is 2.39. The molecule has 7 heteroatoms. The Kier molecular flexibility index (Phi) is 9.97. The molecule has 0 radical (unpaired) electrons. The topological polar surface area (TPSA) is 105 Å². The number of ether oxygens (including phenoxy) is 2. The zero-order valence-electron chi connectivity index (χ0n) is 18.4. The van der Waals surface area contributed by atoms with Gasteiger partial charge >= 0.3 is 12.1 Å². The van der Waals surface area contributed by atoms with Gasteiger partial charge < -0.3 is 14.8 Å². The van der Waals surface area contributed by atoms with Gasteiger partial charge in [0.1, 0.15) is 11.7 Å². The molecule has 0 heterocycles. The molecule has 0 aliphatic carbocycles. The molecular weight excluding hydrogens is 396 g/mol. The SMILES string of the molecule is COc1ccc(NC(C(=O)OC(C)C)(C(C)C)C(C#N)c2ccccc2)cc1.O=C=O. The minimum absolute atomic E-state index is 0.217. The predicted octanol–water partition coefficient (Wildman–Crippen LogP) is 4.18. The van der Waals surface area contributed by atoms with Crippen LogP contribution in [0.15, 0.2) is 54.6 Å². The lowest BCUT2D eigenvalue weighted by Gasteiger charge is -2.40. The first-order valence-electron chi connectivity index (χ1n) is 9.83. The number of benzene rings is 2. The van der Waals surface area contributed by atoms with Crippen molar-refractivity contribution in [3.05, 3.63) is 60.2 Å². The van der Waals surface area contributed by atoms with Crippen LogP contribution in [0.25, 0.3) is 0 Å². The third-order valence-electron chi connectivity index (χ3n) is 4.75. The second kappa shape index (κ2) is 12.2. The largest absolute Gasteiger partial charge is 0.497 e. The van der Waals surface area contributed by atoms with Crippen molar-refractivity contribution in [2.45, 2.75) is 45.3 Å². The van der Waals surface area contributed by atoms with Crippen molar-refractivity contribution in [3.8, 4) is 11.8 Å². The first kappa shape index (κ1) is 25.4. The summed E-state index contributed by atoms with van der Waals surface area (Å²) in [4.78, 5) is 29.6. The van der Waals surface area contributed by atoms with Crippen molar-refractivity contribution < 1.29 is 23.9 Å². The summed E-state index contributed by atoms with van der Waals surface area (Å²) in [5.74, 6) is -0.679. The number of rotatable bonds is 8. The Morgan fingerprint density at radius 2 is 1.55 bits per heavy atom. The average Bonchev–Trinajstić information content (AvgIpc) is 2.74. The zero-order valence-corrected chi connectivity index (χ0v) is 18.4. The van der Waals surface area contributed by atoms with Crippen molar-refractivity contribution in [2.75, 3.05) is 12.4 Å². The molecule has 0 amide bonds. The molecule has 7 nitrogen and oxygen atoms in total. The van der Waals surface area contributed by atoms with Crippen molar-refractivity contribution in [1.29, 1.82) is 5.26 Å². The summed E-state index contributed by atoms with van der Waals surface area (Å²) < 4.78 is 10.8. The summed E-state index contributed by atoms with van der Waals surface area (Å²) in [5, 5.41) is 13.4. The standard InChI is InChI=1S/C23H28N2O3.CO2/c1-16(2)23(22(26)28-17(3)4,21(15-24)18-9-7-6-8-10-18)25-19-11-13-20(27-5)14-12-19;2-1-3/h6-14,16-17,21,25H,1-5H3;. The molecule has 2 rings (SSSR count). The Balaban J connectivity index is 0.00000151. The van der Waals surface area contributed by atoms with Gasteiger partial charge in [0.15, 0.2) is 5.54 Å². The lowest BCUT2D eigenvalue weighted by Crippen LogP contribution is -2.56. The van der Waals surface area contributed by atoms with Crippen LogP contribution in [0.5, 0.6) is 5.75 Å². The maximum Gasteiger partial charge on any atom is 0.373 e. The van der Waals surface area contributed by atoms with E-state index in [2.05, 4.69) is 11.4 Å². The van der Waals surface area contributed by atoms with Crippen molar-refractivity contribution >= 4 is 17.8 Å². The Morgan fingerprint density at radius 3 is 1.97 bits per heavy atom. The molecule has 0 saturated carbocycles. The van der Waals surface area contributed by atoms with Crippen molar-refractivity contribution in [2.24, 2.45) is 5.92 Å². The molecule has 2 aromatic rings. The Morgan fingerprint density at radius 1 is 1.00 bits per heavy atom. The summed E-state index contributed by atoms with van der Waals surface area (Å²) in [6.45, 7) is 7.46. The lowest BCUT2D eigenvalue weighted by atomic mass is 9.72. The quantitative estimate of drug-likeness (QED) is 0.634. The molecule has 0 aliphatic heterocycles. The van der Waals surface area contributed by atoms with Gasteiger partial charge in [-0.3, -0.25) is 0 Å². The van der Waals surface area contributed by atoms with Crippen LogP contribution in [0.4, 0.5) is 5.69 Å². The van der Waals surface area contributed by atoms with Gasteiger partial charge in [0.2, 0.25) is 0 Å². The lowest BCUT2D eigenvalue weighted by molar-refractivity contribution is -0.191. The van der Waals surface area contributed by atoms with Gasteiger partial charge in [-0.05, 0) is 49.6 Å². The Labute approximate surface area is 183 Å². The van der Waals surface area contributed by atoms with E-state index in [1.165, 1.54) is 0 Å². The summed E-state index contributed by atoms with van der Waals surface area (Å²) in [6.07, 6.45) is -0.0431. The van der Waals surface area contributed by atoms with Gasteiger partial charge in [0, 0.05) is 5.69 Å². The van der Waals surface area contributed by atoms with Gasteiger partial charge in [-0.15, -0.1) is 0 Å². The highest BCUT2D eigenvalue weighted by Gasteiger charge is 2.51. The predicted molar refractivity (Wildman–Crippen MR) is 115 cm³/mol. The number of nitriles is 1. The summed E-state index contributed by atoms with van der Waals surface area (Å²) >= 11 is 0. The maximum atomic E-state index is 13.4. The van der Waals surface area contributed by atoms with E-state index in [4.69, 9.17) is 19.1 Å². The number of nitrogens with one attached hydrogen (secondary N) is 1. The molecule has 2 aromatic carbocycles. The number of hydrogen-bond acceptors (Lipinski definition) is 7. The van der Waals surface area contributed by atoms with Crippen LogP contribution in [0.2, 0.25) is 0 Å². The maximum absolute atomic E-state index is 13.4. The normalized spacial score (nSPS) is 13.0. The van der Waals surface area contributed by atoms with E-state index in [9.17, 15) is 10.1 Å². The number of hydrogen-bond donors (Lipinski definition) is 1. The van der Waals surface area contributed by atoms with E-state index in [-0.39, 0.29) is 18.2 Å². The number of methoxy groups -OCH3 is 1. The van der Waals surface area contributed by atoms with Crippen LogP contribution >= 0.6 is 0 Å². The summed E-state index contributed by atoms with van der Waals surface area (Å²) in [5.41, 5.74) is 0.224. The fourth-order valence-electron chi connectivity index (χ4n) is 3.26. The molecule has 0 aliphatic rings.